The Hall–Kier alpha value is -2.71. The molecule has 29 heavy (non-hydrogen) atoms. The molecule has 0 heterocycles. The van der Waals surface area contributed by atoms with Crippen LogP contribution in [0.15, 0.2) is 120 Å². The van der Waals surface area contributed by atoms with Crippen molar-refractivity contribution in [2.45, 2.75) is 6.92 Å². The van der Waals surface area contributed by atoms with Crippen LogP contribution in [-0.2, 0) is 24.9 Å². The summed E-state index contributed by atoms with van der Waals surface area (Å²) < 4.78 is 3.97. The molecular weight excluding hydrogens is 541 g/mol. The van der Waals surface area contributed by atoms with E-state index in [4.69, 9.17) is 4.99 Å². The van der Waals surface area contributed by atoms with Gasteiger partial charge in [-0.3, -0.25) is 0 Å². The van der Waals surface area contributed by atoms with Gasteiger partial charge < -0.3 is 0 Å². The van der Waals surface area contributed by atoms with Gasteiger partial charge in [-0.05, 0) is 0 Å². The van der Waals surface area contributed by atoms with Crippen LogP contribution in [0, 0.1) is 6.92 Å². The average Bonchev–Trinajstić information content (AvgIpc) is 2.79. The van der Waals surface area contributed by atoms with Crippen molar-refractivity contribution in [3.05, 3.63) is 126 Å². The van der Waals surface area contributed by atoms with Crippen molar-refractivity contribution >= 4 is 20.3 Å². The van der Waals surface area contributed by atoms with Gasteiger partial charge in [0.05, 0.1) is 0 Å². The molecule has 0 spiro atoms. The summed E-state index contributed by atoms with van der Waals surface area (Å²) in [5.74, 6) is 1.03. The zero-order valence-electron chi connectivity index (χ0n) is 16.6. The molecule has 0 aliphatic rings. The Kier molecular flexibility index (Phi) is 6.53. The fraction of sp³-hybridized carbons (Fsp3) is 0.0385. The molecule has 4 rings (SSSR count). The molecule has 2 nitrogen and oxygen atoms in total. The molecule has 0 fully saturated rings. The molecule has 0 aliphatic heterocycles. The Morgan fingerprint density at radius 3 is 1.83 bits per heavy atom. The van der Waals surface area contributed by atoms with Crippen LogP contribution in [0.1, 0.15) is 11.1 Å². The topological polar surface area (TPSA) is 15.6 Å². The van der Waals surface area contributed by atoms with Crippen molar-refractivity contribution in [2.24, 2.45) is 4.99 Å². The van der Waals surface area contributed by atoms with E-state index in [1.165, 1.54) is 14.3 Å². The van der Waals surface area contributed by atoms with Crippen molar-refractivity contribution in [3.63, 3.8) is 0 Å². The van der Waals surface area contributed by atoms with Crippen LogP contribution in [-0.4, -0.2) is 5.84 Å². The predicted molar refractivity (Wildman–Crippen MR) is 119 cm³/mol. The Labute approximate surface area is 185 Å². The van der Waals surface area contributed by atoms with Gasteiger partial charge in [0.25, 0.3) is 0 Å². The van der Waals surface area contributed by atoms with Crippen LogP contribution in [0.4, 0.5) is 11.4 Å². The van der Waals surface area contributed by atoms with Crippen LogP contribution < -0.4 is 5.74 Å². The molecule has 4 aromatic rings. The van der Waals surface area contributed by atoms with Gasteiger partial charge in [-0.15, -0.1) is 0 Å². The maximum atomic E-state index is 5.14. The first-order chi connectivity index (χ1) is 14.3. The number of benzene rings is 4. The quantitative estimate of drug-likeness (QED) is 0.168. The van der Waals surface area contributed by atoms with E-state index in [-0.39, 0.29) is 0 Å². The number of anilines is 1. The normalized spacial score (nSPS) is 11.0. The molecule has 0 N–H and O–H groups in total. The Bertz CT molecular complexity index is 1060. The first-order valence-corrected chi connectivity index (χ1v) is 15.1. The van der Waals surface area contributed by atoms with Crippen LogP contribution >= 0.6 is 0 Å². The maximum absolute atomic E-state index is 5.14. The number of hydrogen-bond acceptors (Lipinski definition) is 1. The van der Waals surface area contributed by atoms with E-state index in [0.29, 0.717) is 0 Å². The average molecular weight is 563 g/mol. The molecule has 138 valence electrons. The van der Waals surface area contributed by atoms with Gasteiger partial charge in [0.15, 0.2) is 0 Å². The Balaban J connectivity index is 1.84. The van der Waals surface area contributed by atoms with Crippen molar-refractivity contribution in [3.8, 4) is 0 Å². The zero-order valence-corrected chi connectivity index (χ0v) is 22.1. The van der Waals surface area contributed by atoms with Crippen molar-refractivity contribution in [2.75, 3.05) is 2.66 Å². The van der Waals surface area contributed by atoms with E-state index in [1.54, 1.807) is 0 Å². The summed E-state index contributed by atoms with van der Waals surface area (Å²) in [6, 6.07) is 40.5. The summed E-state index contributed by atoms with van der Waals surface area (Å²) in [7, 11) is 0. The molecular formula is C26H22HgN2. The van der Waals surface area contributed by atoms with Gasteiger partial charge in [0.1, 0.15) is 0 Å². The van der Waals surface area contributed by atoms with Crippen molar-refractivity contribution < 1.29 is 24.9 Å². The number of aliphatic imine (C=N–C) groups is 1. The number of nitrogens with zero attached hydrogens (tertiary/aromatic N) is 2. The fourth-order valence-corrected chi connectivity index (χ4v) is 9.67. The van der Waals surface area contributed by atoms with E-state index in [9.17, 15) is 0 Å². The van der Waals surface area contributed by atoms with E-state index >= 15 is 0 Å². The fourth-order valence-electron chi connectivity index (χ4n) is 3.27. The van der Waals surface area contributed by atoms with Gasteiger partial charge in [-0.25, -0.2) is 0 Å². The van der Waals surface area contributed by atoms with Gasteiger partial charge in [0, 0.05) is 0 Å². The molecule has 0 radical (unpaired) electrons. The number of amidine groups is 1. The van der Waals surface area contributed by atoms with E-state index < -0.39 is 24.9 Å². The third kappa shape index (κ3) is 5.21. The Morgan fingerprint density at radius 1 is 0.655 bits per heavy atom. The number of rotatable bonds is 5. The van der Waals surface area contributed by atoms with Crippen LogP contribution in [0.25, 0.3) is 0 Å². The second kappa shape index (κ2) is 9.66. The predicted octanol–water partition coefficient (Wildman–Crippen LogP) is 5.90. The summed E-state index contributed by atoms with van der Waals surface area (Å²) >= 11 is -1.74. The van der Waals surface area contributed by atoms with Crippen molar-refractivity contribution in [1.29, 1.82) is 0 Å². The molecule has 3 heteroatoms. The van der Waals surface area contributed by atoms with Crippen LogP contribution in [0.2, 0.25) is 0 Å². The monoisotopic (exact) mass is 564 g/mol. The summed E-state index contributed by atoms with van der Waals surface area (Å²) in [5, 5.41) is 0. The molecule has 0 unspecified atom stereocenters. The first kappa shape index (κ1) is 19.6. The Morgan fingerprint density at radius 2 is 1.21 bits per heavy atom. The van der Waals surface area contributed by atoms with Crippen molar-refractivity contribution in [1.82, 2.24) is 0 Å². The molecule has 0 saturated heterocycles. The standard InChI is InChI=1S/C20H17N2.C6H5.Hg/c1-16-12-14-19(15-13-16)22-20(17-8-4-2-5-9-17)21-18-10-6-3-7-11-18;1-2-4-6-5-3-1;/h2-15H,1H3;1-5H;/q-1;;+1. The summed E-state index contributed by atoms with van der Waals surface area (Å²) in [6.07, 6.45) is 0. The van der Waals surface area contributed by atoms with Gasteiger partial charge in [0.2, 0.25) is 0 Å². The zero-order chi connectivity index (χ0) is 19.9. The van der Waals surface area contributed by atoms with E-state index in [2.05, 4.69) is 125 Å². The van der Waals surface area contributed by atoms with Gasteiger partial charge in [-0.2, -0.15) is 0 Å². The molecule has 0 bridgehead atoms. The summed E-state index contributed by atoms with van der Waals surface area (Å²) in [5.41, 5.74) is 4.59. The SMILES string of the molecule is Cc1ccc(N=C(c2ccccc2)[N]([Hg][c]2ccccc2)c2ccccc2)cc1. The molecule has 4 aromatic carbocycles. The third-order valence-corrected chi connectivity index (χ3v) is 11.9. The van der Waals surface area contributed by atoms with Gasteiger partial charge in [-0.1, -0.05) is 0 Å². The number of aryl methyl sites for hydroxylation is 1. The molecule has 0 atom stereocenters. The minimum atomic E-state index is -1.74. The van der Waals surface area contributed by atoms with Gasteiger partial charge >= 0.3 is 186 Å². The summed E-state index contributed by atoms with van der Waals surface area (Å²) in [4.78, 5) is 5.14. The molecule has 0 aromatic heterocycles. The van der Waals surface area contributed by atoms with Crippen LogP contribution in [0.3, 0.4) is 0 Å². The first-order valence-electron chi connectivity index (χ1n) is 9.87. The third-order valence-electron chi connectivity index (χ3n) is 4.81. The number of para-hydroxylation sites is 1. The second-order valence-electron chi connectivity index (χ2n) is 7.04. The molecule has 0 aliphatic carbocycles. The molecule has 0 amide bonds. The van der Waals surface area contributed by atoms with E-state index in [1.807, 2.05) is 0 Å². The van der Waals surface area contributed by atoms with E-state index in [0.717, 1.165) is 17.1 Å². The second-order valence-corrected chi connectivity index (χ2v) is 13.9. The van der Waals surface area contributed by atoms with Crippen LogP contribution in [0.5, 0.6) is 0 Å². The molecule has 0 saturated carbocycles. The number of hydrogen-bond donors (Lipinski definition) is 0. The summed E-state index contributed by atoms with van der Waals surface area (Å²) in [6.45, 7) is 2.11. The minimum absolute atomic E-state index is 0.983.